The van der Waals surface area contributed by atoms with Crippen molar-refractivity contribution in [3.8, 4) is 11.3 Å². The number of benzene rings is 1. The van der Waals surface area contributed by atoms with Crippen LogP contribution in [0.25, 0.3) is 11.3 Å². The first kappa shape index (κ1) is 19.0. The molecule has 6 nitrogen and oxygen atoms in total. The molecular formula is C19H30N6. The van der Waals surface area contributed by atoms with Gasteiger partial charge in [-0.2, -0.15) is 0 Å². The molecule has 25 heavy (non-hydrogen) atoms. The maximum Gasteiger partial charge on any atom is 0.194 e. The Kier molecular flexibility index (Phi) is 7.47. The van der Waals surface area contributed by atoms with Crippen LogP contribution in [-0.4, -0.2) is 66.0 Å². The number of aromatic amines is 1. The van der Waals surface area contributed by atoms with Crippen molar-refractivity contribution in [2.45, 2.75) is 20.4 Å². The average Bonchev–Trinajstić information content (AvgIpc) is 3.10. The number of aromatic nitrogens is 2. The number of likely N-dealkylation sites (N-methyl/N-ethyl adjacent to an activating group) is 1. The number of H-pyrrole nitrogens is 1. The van der Waals surface area contributed by atoms with Gasteiger partial charge < -0.3 is 20.1 Å². The fourth-order valence-electron chi connectivity index (χ4n) is 2.46. The minimum atomic E-state index is 0.683. The zero-order chi connectivity index (χ0) is 18.1. The number of aliphatic imine (C=N–C) groups is 1. The summed E-state index contributed by atoms with van der Waals surface area (Å²) in [5.74, 6) is 1.84. The van der Waals surface area contributed by atoms with Gasteiger partial charge in [-0.3, -0.25) is 4.99 Å². The van der Waals surface area contributed by atoms with Gasteiger partial charge in [-0.05, 0) is 26.1 Å². The van der Waals surface area contributed by atoms with Gasteiger partial charge in [0.25, 0.3) is 0 Å². The second-order valence-corrected chi connectivity index (χ2v) is 6.10. The monoisotopic (exact) mass is 342 g/mol. The third-order valence-electron chi connectivity index (χ3n) is 4.08. The molecule has 0 aliphatic heterocycles. The molecule has 0 saturated heterocycles. The third kappa shape index (κ3) is 5.90. The van der Waals surface area contributed by atoms with Crippen molar-refractivity contribution in [1.29, 1.82) is 0 Å². The SMILES string of the molecule is CCNC(=NCCN(C)CC)N(C)Cc1ncc(-c2ccccc2)[nH]1. The summed E-state index contributed by atoms with van der Waals surface area (Å²) in [6.45, 7) is 8.55. The van der Waals surface area contributed by atoms with Crippen LogP contribution in [0.3, 0.4) is 0 Å². The fraction of sp³-hybridized carbons (Fsp3) is 0.474. The molecule has 0 fully saturated rings. The summed E-state index contributed by atoms with van der Waals surface area (Å²) in [7, 11) is 4.15. The molecular weight excluding hydrogens is 312 g/mol. The first-order valence-corrected chi connectivity index (χ1v) is 8.91. The normalized spacial score (nSPS) is 11.8. The Morgan fingerprint density at radius 3 is 2.64 bits per heavy atom. The van der Waals surface area contributed by atoms with Crippen molar-refractivity contribution >= 4 is 5.96 Å². The van der Waals surface area contributed by atoms with E-state index in [0.29, 0.717) is 6.54 Å². The van der Waals surface area contributed by atoms with E-state index >= 15 is 0 Å². The van der Waals surface area contributed by atoms with E-state index in [1.807, 2.05) is 31.4 Å². The summed E-state index contributed by atoms with van der Waals surface area (Å²) in [5.41, 5.74) is 2.18. The molecule has 0 spiro atoms. The van der Waals surface area contributed by atoms with E-state index < -0.39 is 0 Å². The Hall–Kier alpha value is -2.34. The molecule has 0 aliphatic rings. The van der Waals surface area contributed by atoms with Gasteiger partial charge in [0.15, 0.2) is 5.96 Å². The number of imidazole rings is 1. The average molecular weight is 342 g/mol. The minimum Gasteiger partial charge on any atom is -0.357 e. The molecule has 2 rings (SSSR count). The molecule has 0 atom stereocenters. The van der Waals surface area contributed by atoms with Gasteiger partial charge in [0.2, 0.25) is 0 Å². The molecule has 2 aromatic rings. The van der Waals surface area contributed by atoms with Gasteiger partial charge >= 0.3 is 0 Å². The lowest BCUT2D eigenvalue weighted by Crippen LogP contribution is -2.39. The van der Waals surface area contributed by atoms with Crippen molar-refractivity contribution in [2.24, 2.45) is 4.99 Å². The third-order valence-corrected chi connectivity index (χ3v) is 4.08. The van der Waals surface area contributed by atoms with E-state index in [1.165, 1.54) is 0 Å². The lowest BCUT2D eigenvalue weighted by Gasteiger charge is -2.21. The Morgan fingerprint density at radius 1 is 1.20 bits per heavy atom. The highest BCUT2D eigenvalue weighted by atomic mass is 15.3. The Labute approximate surface area is 151 Å². The molecule has 2 N–H and O–H groups in total. The molecule has 0 saturated carbocycles. The summed E-state index contributed by atoms with van der Waals surface area (Å²) in [6.07, 6.45) is 1.89. The lowest BCUT2D eigenvalue weighted by molar-refractivity contribution is 0.361. The molecule has 1 aromatic carbocycles. The van der Waals surface area contributed by atoms with Crippen molar-refractivity contribution in [2.75, 3.05) is 40.3 Å². The first-order chi connectivity index (χ1) is 12.1. The number of nitrogens with one attached hydrogen (secondary N) is 2. The van der Waals surface area contributed by atoms with E-state index in [1.54, 1.807) is 0 Å². The molecule has 0 bridgehead atoms. The highest BCUT2D eigenvalue weighted by Crippen LogP contribution is 2.16. The van der Waals surface area contributed by atoms with E-state index in [2.05, 4.69) is 58.1 Å². The number of nitrogens with zero attached hydrogens (tertiary/aromatic N) is 4. The van der Waals surface area contributed by atoms with E-state index in [0.717, 1.165) is 49.2 Å². The quantitative estimate of drug-likeness (QED) is 0.571. The molecule has 0 aliphatic carbocycles. The molecule has 0 radical (unpaired) electrons. The van der Waals surface area contributed by atoms with Gasteiger partial charge in [-0.25, -0.2) is 4.98 Å². The van der Waals surface area contributed by atoms with Crippen LogP contribution in [0.5, 0.6) is 0 Å². The zero-order valence-corrected chi connectivity index (χ0v) is 15.8. The van der Waals surface area contributed by atoms with Crippen LogP contribution in [0, 0.1) is 0 Å². The predicted molar refractivity (Wildman–Crippen MR) is 105 cm³/mol. The maximum absolute atomic E-state index is 4.71. The molecule has 1 heterocycles. The standard InChI is InChI=1S/C19H30N6/c1-5-20-19(21-12-13-24(3)6-2)25(4)15-18-22-14-17(23-18)16-10-8-7-9-11-16/h7-11,14H,5-6,12-13,15H2,1-4H3,(H,20,21)(H,22,23). The van der Waals surface area contributed by atoms with Gasteiger partial charge in [0, 0.05) is 20.1 Å². The number of guanidine groups is 1. The van der Waals surface area contributed by atoms with Crippen LogP contribution in [0.4, 0.5) is 0 Å². The fourth-order valence-corrected chi connectivity index (χ4v) is 2.46. The first-order valence-electron chi connectivity index (χ1n) is 8.91. The largest absolute Gasteiger partial charge is 0.357 e. The smallest absolute Gasteiger partial charge is 0.194 e. The van der Waals surface area contributed by atoms with E-state index in [4.69, 9.17) is 4.99 Å². The topological polar surface area (TPSA) is 59.6 Å². The van der Waals surface area contributed by atoms with Gasteiger partial charge in [-0.15, -0.1) is 0 Å². The molecule has 0 unspecified atom stereocenters. The Bertz CT molecular complexity index is 649. The van der Waals surface area contributed by atoms with Gasteiger partial charge in [0.05, 0.1) is 25.0 Å². The van der Waals surface area contributed by atoms with Crippen molar-refractivity contribution in [3.05, 3.63) is 42.4 Å². The number of hydrogen-bond donors (Lipinski definition) is 2. The van der Waals surface area contributed by atoms with Crippen LogP contribution < -0.4 is 5.32 Å². The van der Waals surface area contributed by atoms with Crippen molar-refractivity contribution < 1.29 is 0 Å². The Balaban J connectivity index is 1.99. The lowest BCUT2D eigenvalue weighted by atomic mass is 10.2. The van der Waals surface area contributed by atoms with Crippen LogP contribution in [0.2, 0.25) is 0 Å². The molecule has 0 amide bonds. The zero-order valence-electron chi connectivity index (χ0n) is 15.8. The van der Waals surface area contributed by atoms with Crippen molar-refractivity contribution in [1.82, 2.24) is 25.1 Å². The number of rotatable bonds is 8. The molecule has 1 aromatic heterocycles. The van der Waals surface area contributed by atoms with E-state index in [-0.39, 0.29) is 0 Å². The van der Waals surface area contributed by atoms with E-state index in [9.17, 15) is 0 Å². The van der Waals surface area contributed by atoms with Crippen LogP contribution in [0.15, 0.2) is 41.5 Å². The highest BCUT2D eigenvalue weighted by molar-refractivity contribution is 5.79. The van der Waals surface area contributed by atoms with Gasteiger partial charge in [-0.1, -0.05) is 37.3 Å². The summed E-state index contributed by atoms with van der Waals surface area (Å²) >= 11 is 0. The predicted octanol–water partition coefficient (Wildman–Crippen LogP) is 2.43. The summed E-state index contributed by atoms with van der Waals surface area (Å²) in [5, 5.41) is 3.35. The maximum atomic E-state index is 4.71. The van der Waals surface area contributed by atoms with Crippen LogP contribution in [0.1, 0.15) is 19.7 Å². The minimum absolute atomic E-state index is 0.683. The molecule has 6 heteroatoms. The summed E-state index contributed by atoms with van der Waals surface area (Å²) in [6, 6.07) is 10.2. The van der Waals surface area contributed by atoms with Gasteiger partial charge in [0.1, 0.15) is 5.82 Å². The van der Waals surface area contributed by atoms with Crippen molar-refractivity contribution in [3.63, 3.8) is 0 Å². The van der Waals surface area contributed by atoms with Crippen LogP contribution in [-0.2, 0) is 6.54 Å². The second-order valence-electron chi connectivity index (χ2n) is 6.10. The summed E-state index contributed by atoms with van der Waals surface area (Å²) in [4.78, 5) is 17.0. The van der Waals surface area contributed by atoms with Crippen LogP contribution >= 0.6 is 0 Å². The molecule has 136 valence electrons. The Morgan fingerprint density at radius 2 is 1.96 bits per heavy atom. The summed E-state index contributed by atoms with van der Waals surface area (Å²) < 4.78 is 0. The number of hydrogen-bond acceptors (Lipinski definition) is 3. The second kappa shape index (κ2) is 9.84. The highest BCUT2D eigenvalue weighted by Gasteiger charge is 2.10.